The number of hydrogen-bond donors (Lipinski definition) is 3. The van der Waals surface area contributed by atoms with Crippen LogP contribution >= 0.6 is 0 Å². The minimum absolute atomic E-state index is 0.124. The van der Waals surface area contributed by atoms with E-state index in [1.165, 1.54) is 0 Å². The SMILES string of the molecule is O=C(NCCOc1ccccc1)NCC1(O)CCOc2ccccc21. The van der Waals surface area contributed by atoms with E-state index in [0.29, 0.717) is 37.5 Å². The summed E-state index contributed by atoms with van der Waals surface area (Å²) >= 11 is 0. The summed E-state index contributed by atoms with van der Waals surface area (Å²) in [6.07, 6.45) is 0.432. The molecule has 3 N–H and O–H groups in total. The first-order chi connectivity index (χ1) is 12.2. The largest absolute Gasteiger partial charge is 0.493 e. The quantitative estimate of drug-likeness (QED) is 0.702. The summed E-state index contributed by atoms with van der Waals surface area (Å²) in [6.45, 7) is 1.29. The predicted octanol–water partition coefficient (Wildman–Crippen LogP) is 2.03. The van der Waals surface area contributed by atoms with Crippen LogP contribution in [0.15, 0.2) is 54.6 Å². The highest BCUT2D eigenvalue weighted by atomic mass is 16.5. The molecular weight excluding hydrogens is 320 g/mol. The van der Waals surface area contributed by atoms with Gasteiger partial charge < -0.3 is 25.2 Å². The Morgan fingerprint density at radius 3 is 2.72 bits per heavy atom. The molecule has 3 rings (SSSR count). The van der Waals surface area contributed by atoms with E-state index in [9.17, 15) is 9.90 Å². The van der Waals surface area contributed by atoms with Crippen molar-refractivity contribution in [1.29, 1.82) is 0 Å². The second kappa shape index (κ2) is 7.90. The Kier molecular flexibility index (Phi) is 5.40. The number of aliphatic hydroxyl groups is 1. The molecule has 25 heavy (non-hydrogen) atoms. The van der Waals surface area contributed by atoms with E-state index in [1.54, 1.807) is 0 Å². The molecular formula is C19H22N2O4. The first-order valence-electron chi connectivity index (χ1n) is 8.32. The Labute approximate surface area is 146 Å². The molecule has 0 saturated carbocycles. The van der Waals surface area contributed by atoms with Gasteiger partial charge in [-0.25, -0.2) is 4.79 Å². The maximum Gasteiger partial charge on any atom is 0.315 e. The Morgan fingerprint density at radius 2 is 1.88 bits per heavy atom. The fraction of sp³-hybridized carbons (Fsp3) is 0.316. The zero-order chi connectivity index (χ0) is 17.5. The highest BCUT2D eigenvalue weighted by Crippen LogP contribution is 2.36. The third-order valence-corrected chi connectivity index (χ3v) is 4.10. The molecule has 1 aliphatic rings. The van der Waals surface area contributed by atoms with Crippen molar-refractivity contribution in [3.8, 4) is 11.5 Å². The van der Waals surface area contributed by atoms with Gasteiger partial charge in [0.2, 0.25) is 0 Å². The molecule has 0 fully saturated rings. The van der Waals surface area contributed by atoms with Crippen LogP contribution < -0.4 is 20.1 Å². The summed E-state index contributed by atoms with van der Waals surface area (Å²) in [5.74, 6) is 1.42. The number of hydrogen-bond acceptors (Lipinski definition) is 4. The number of ether oxygens (including phenoxy) is 2. The highest BCUT2D eigenvalue weighted by Gasteiger charge is 2.35. The molecule has 0 aromatic heterocycles. The Balaban J connectivity index is 1.43. The van der Waals surface area contributed by atoms with Crippen molar-refractivity contribution in [2.24, 2.45) is 0 Å². The van der Waals surface area contributed by atoms with E-state index < -0.39 is 5.60 Å². The minimum atomic E-state index is -1.12. The zero-order valence-corrected chi connectivity index (χ0v) is 13.9. The molecule has 0 saturated heterocycles. The van der Waals surface area contributed by atoms with Crippen LogP contribution in [-0.4, -0.2) is 37.4 Å². The van der Waals surface area contributed by atoms with Gasteiger partial charge in [-0.05, 0) is 18.2 Å². The zero-order valence-electron chi connectivity index (χ0n) is 13.9. The van der Waals surface area contributed by atoms with E-state index in [4.69, 9.17) is 9.47 Å². The van der Waals surface area contributed by atoms with Gasteiger partial charge in [0.25, 0.3) is 0 Å². The standard InChI is InChI=1S/C19H22N2O4/c22-18(20-11-13-24-15-6-2-1-3-7-15)21-14-19(23)10-12-25-17-9-5-4-8-16(17)19/h1-9,23H,10-14H2,(H2,20,21,22). The van der Waals surface area contributed by atoms with Crippen LogP contribution in [0.2, 0.25) is 0 Å². The summed E-state index contributed by atoms with van der Waals surface area (Å²) in [6, 6.07) is 16.4. The molecule has 0 aliphatic carbocycles. The fourth-order valence-electron chi connectivity index (χ4n) is 2.76. The van der Waals surface area contributed by atoms with Gasteiger partial charge in [0.15, 0.2) is 0 Å². The maximum atomic E-state index is 11.9. The molecule has 132 valence electrons. The smallest absolute Gasteiger partial charge is 0.315 e. The number of nitrogens with one attached hydrogen (secondary N) is 2. The molecule has 2 amide bonds. The number of fused-ring (bicyclic) bond motifs is 1. The summed E-state index contributed by atoms with van der Waals surface area (Å²) in [5, 5.41) is 16.3. The van der Waals surface area contributed by atoms with E-state index in [0.717, 1.165) is 5.75 Å². The molecule has 1 unspecified atom stereocenters. The Bertz CT molecular complexity index is 708. The van der Waals surface area contributed by atoms with Crippen LogP contribution in [0, 0.1) is 0 Å². The average molecular weight is 342 g/mol. The van der Waals surface area contributed by atoms with Crippen LogP contribution in [0.3, 0.4) is 0 Å². The van der Waals surface area contributed by atoms with Crippen LogP contribution in [0.5, 0.6) is 11.5 Å². The van der Waals surface area contributed by atoms with Crippen molar-refractivity contribution >= 4 is 6.03 Å². The summed E-state index contributed by atoms with van der Waals surface area (Å²) in [5.41, 5.74) is -0.416. The lowest BCUT2D eigenvalue weighted by Crippen LogP contribution is -2.47. The van der Waals surface area contributed by atoms with Gasteiger partial charge in [0, 0.05) is 12.0 Å². The van der Waals surface area contributed by atoms with Crippen molar-refractivity contribution in [2.75, 3.05) is 26.3 Å². The average Bonchev–Trinajstić information content (AvgIpc) is 2.65. The lowest BCUT2D eigenvalue weighted by atomic mass is 9.88. The number of para-hydroxylation sites is 2. The predicted molar refractivity (Wildman–Crippen MR) is 93.8 cm³/mol. The maximum absolute atomic E-state index is 11.9. The Hall–Kier alpha value is -2.73. The third kappa shape index (κ3) is 4.42. The lowest BCUT2D eigenvalue weighted by molar-refractivity contribution is 0.0000620. The molecule has 2 aromatic rings. The van der Waals surface area contributed by atoms with Crippen LogP contribution in [-0.2, 0) is 5.60 Å². The van der Waals surface area contributed by atoms with Crippen molar-refractivity contribution < 1.29 is 19.4 Å². The molecule has 0 radical (unpaired) electrons. The molecule has 6 nitrogen and oxygen atoms in total. The number of benzene rings is 2. The van der Waals surface area contributed by atoms with Gasteiger partial charge in [-0.1, -0.05) is 36.4 Å². The van der Waals surface area contributed by atoms with Crippen molar-refractivity contribution in [3.05, 3.63) is 60.2 Å². The van der Waals surface area contributed by atoms with Crippen molar-refractivity contribution in [1.82, 2.24) is 10.6 Å². The lowest BCUT2D eigenvalue weighted by Gasteiger charge is -2.34. The molecule has 1 aliphatic heterocycles. The monoisotopic (exact) mass is 342 g/mol. The molecule has 6 heteroatoms. The molecule has 2 aromatic carbocycles. The number of urea groups is 1. The van der Waals surface area contributed by atoms with Crippen LogP contribution in [0.4, 0.5) is 4.79 Å². The van der Waals surface area contributed by atoms with Crippen LogP contribution in [0.25, 0.3) is 0 Å². The highest BCUT2D eigenvalue weighted by molar-refractivity contribution is 5.74. The van der Waals surface area contributed by atoms with Gasteiger partial charge >= 0.3 is 6.03 Å². The van der Waals surface area contributed by atoms with E-state index in [1.807, 2.05) is 54.6 Å². The number of rotatable bonds is 6. The number of carbonyl (C=O) groups excluding carboxylic acids is 1. The van der Waals surface area contributed by atoms with Gasteiger partial charge in [-0.15, -0.1) is 0 Å². The molecule has 1 heterocycles. The summed E-state index contributed by atoms with van der Waals surface area (Å²) in [4.78, 5) is 11.9. The van der Waals surface area contributed by atoms with E-state index in [-0.39, 0.29) is 12.6 Å². The van der Waals surface area contributed by atoms with E-state index >= 15 is 0 Å². The summed E-state index contributed by atoms with van der Waals surface area (Å²) < 4.78 is 11.1. The Morgan fingerprint density at radius 1 is 1.12 bits per heavy atom. The van der Waals surface area contributed by atoms with Gasteiger partial charge in [0.05, 0.1) is 19.7 Å². The van der Waals surface area contributed by atoms with Crippen LogP contribution in [0.1, 0.15) is 12.0 Å². The second-order valence-electron chi connectivity index (χ2n) is 5.90. The van der Waals surface area contributed by atoms with Crippen molar-refractivity contribution in [2.45, 2.75) is 12.0 Å². The van der Waals surface area contributed by atoms with Gasteiger partial charge in [0.1, 0.15) is 23.7 Å². The molecule has 1 atom stereocenters. The second-order valence-corrected chi connectivity index (χ2v) is 5.90. The first kappa shape index (κ1) is 17.1. The third-order valence-electron chi connectivity index (χ3n) is 4.10. The fourth-order valence-corrected chi connectivity index (χ4v) is 2.76. The van der Waals surface area contributed by atoms with Crippen molar-refractivity contribution in [3.63, 3.8) is 0 Å². The summed E-state index contributed by atoms with van der Waals surface area (Å²) in [7, 11) is 0. The van der Waals surface area contributed by atoms with E-state index in [2.05, 4.69) is 10.6 Å². The topological polar surface area (TPSA) is 79.8 Å². The van der Waals surface area contributed by atoms with Gasteiger partial charge in [-0.3, -0.25) is 0 Å². The van der Waals surface area contributed by atoms with Gasteiger partial charge in [-0.2, -0.15) is 0 Å². The molecule has 0 spiro atoms. The number of carbonyl (C=O) groups is 1. The first-order valence-corrected chi connectivity index (χ1v) is 8.32. The minimum Gasteiger partial charge on any atom is -0.493 e. The number of amides is 2. The molecule has 0 bridgehead atoms. The normalized spacial score (nSPS) is 18.6.